The molecule has 0 radical (unpaired) electrons. The highest BCUT2D eigenvalue weighted by atomic mass is 35.5. The van der Waals surface area contributed by atoms with Gasteiger partial charge in [-0.2, -0.15) is 0 Å². The Morgan fingerprint density at radius 3 is 2.32 bits per heavy atom. The molecule has 2 aromatic rings. The van der Waals surface area contributed by atoms with Crippen LogP contribution in [0.1, 0.15) is 5.56 Å². The highest BCUT2D eigenvalue weighted by Crippen LogP contribution is 2.35. The van der Waals surface area contributed by atoms with Crippen LogP contribution in [0.5, 0.6) is 0 Å². The second-order valence-corrected chi connectivity index (χ2v) is 8.92. The van der Waals surface area contributed by atoms with Crippen LogP contribution < -0.4 is 9.62 Å². The van der Waals surface area contributed by atoms with Crippen molar-refractivity contribution in [2.75, 3.05) is 22.4 Å². The number of nitro benzene ring substituents is 1. The maximum absolute atomic E-state index is 12.5. The smallest absolute Gasteiger partial charge is 0.271 e. The van der Waals surface area contributed by atoms with Gasteiger partial charge in [0.15, 0.2) is 0 Å². The number of carbonyl (C=O) groups is 1. The van der Waals surface area contributed by atoms with Gasteiger partial charge in [0.1, 0.15) is 6.54 Å². The van der Waals surface area contributed by atoms with Crippen molar-refractivity contribution in [3.05, 3.63) is 61.1 Å². The van der Waals surface area contributed by atoms with Crippen molar-refractivity contribution >= 4 is 67.8 Å². The van der Waals surface area contributed by atoms with E-state index in [0.29, 0.717) is 5.56 Å². The van der Waals surface area contributed by atoms with E-state index in [1.807, 2.05) is 0 Å². The van der Waals surface area contributed by atoms with Gasteiger partial charge in [-0.05, 0) is 24.6 Å². The lowest BCUT2D eigenvalue weighted by atomic mass is 10.2. The molecule has 0 aliphatic carbocycles. The topological polar surface area (TPSA) is 110 Å². The summed E-state index contributed by atoms with van der Waals surface area (Å²) in [6.07, 6.45) is 0.901. The standard InChI is InChI=1S/C16H14Cl3N3O5S/c1-9-3-4-10(22(24)25)5-14(9)20-16(23)8-21(28(2,26)27)15-7-12(18)11(17)6-13(15)19/h3-7H,8H2,1-2H3,(H,20,23). The molecular formula is C16H14Cl3N3O5S. The molecule has 1 N–H and O–H groups in total. The van der Waals surface area contributed by atoms with E-state index in [9.17, 15) is 23.3 Å². The van der Waals surface area contributed by atoms with E-state index < -0.39 is 27.4 Å². The fraction of sp³-hybridized carbons (Fsp3) is 0.188. The van der Waals surface area contributed by atoms with Gasteiger partial charge in [-0.25, -0.2) is 8.42 Å². The summed E-state index contributed by atoms with van der Waals surface area (Å²) in [6.45, 7) is 1.02. The van der Waals surface area contributed by atoms with Crippen LogP contribution in [0.2, 0.25) is 15.1 Å². The van der Waals surface area contributed by atoms with Crippen molar-refractivity contribution < 1.29 is 18.1 Å². The molecule has 0 fully saturated rings. The Balaban J connectivity index is 2.35. The third-order valence-corrected chi connectivity index (χ3v) is 5.80. The first-order chi connectivity index (χ1) is 12.9. The average Bonchev–Trinajstić information content (AvgIpc) is 2.57. The van der Waals surface area contributed by atoms with Gasteiger partial charge < -0.3 is 5.32 Å². The predicted octanol–water partition coefficient (Wildman–Crippen LogP) is 4.27. The summed E-state index contributed by atoms with van der Waals surface area (Å²) in [4.78, 5) is 22.8. The van der Waals surface area contributed by atoms with Gasteiger partial charge in [-0.3, -0.25) is 19.2 Å². The first-order valence-corrected chi connectivity index (χ1v) is 10.6. The second-order valence-electron chi connectivity index (χ2n) is 5.79. The number of sulfonamides is 1. The number of carbonyl (C=O) groups excluding carboxylic acids is 1. The molecule has 8 nitrogen and oxygen atoms in total. The van der Waals surface area contributed by atoms with Crippen LogP contribution in [0.15, 0.2) is 30.3 Å². The van der Waals surface area contributed by atoms with Gasteiger partial charge in [0, 0.05) is 12.1 Å². The van der Waals surface area contributed by atoms with Gasteiger partial charge in [0.25, 0.3) is 5.69 Å². The molecule has 1 amide bonds. The van der Waals surface area contributed by atoms with Crippen molar-refractivity contribution in [3.8, 4) is 0 Å². The molecule has 150 valence electrons. The summed E-state index contributed by atoms with van der Waals surface area (Å²) in [5, 5.41) is 13.6. The maximum atomic E-state index is 12.5. The zero-order valence-corrected chi connectivity index (χ0v) is 17.7. The number of nitrogens with one attached hydrogen (secondary N) is 1. The van der Waals surface area contributed by atoms with Crippen LogP contribution >= 0.6 is 34.8 Å². The molecule has 2 rings (SSSR count). The normalized spacial score (nSPS) is 11.2. The number of hydrogen-bond donors (Lipinski definition) is 1. The number of amides is 1. The molecule has 2 aromatic carbocycles. The number of hydrogen-bond acceptors (Lipinski definition) is 5. The first-order valence-electron chi connectivity index (χ1n) is 7.57. The molecule has 0 spiro atoms. The fourth-order valence-electron chi connectivity index (χ4n) is 2.26. The molecule has 0 heterocycles. The van der Waals surface area contributed by atoms with Gasteiger partial charge >= 0.3 is 0 Å². The highest BCUT2D eigenvalue weighted by Gasteiger charge is 2.24. The molecule has 0 unspecified atom stereocenters. The first kappa shape index (κ1) is 22.2. The zero-order valence-electron chi connectivity index (χ0n) is 14.6. The van der Waals surface area contributed by atoms with Crippen molar-refractivity contribution in [2.45, 2.75) is 6.92 Å². The van der Waals surface area contributed by atoms with Crippen molar-refractivity contribution in [1.29, 1.82) is 0 Å². The van der Waals surface area contributed by atoms with Crippen LogP contribution in [-0.2, 0) is 14.8 Å². The molecular weight excluding hydrogens is 453 g/mol. The Kier molecular flexibility index (Phi) is 6.76. The van der Waals surface area contributed by atoms with Crippen molar-refractivity contribution in [3.63, 3.8) is 0 Å². The Hall–Kier alpha value is -2.07. The molecule has 0 bridgehead atoms. The Labute approximate surface area is 176 Å². The minimum absolute atomic E-state index is 0.0147. The van der Waals surface area contributed by atoms with E-state index in [1.54, 1.807) is 6.92 Å². The van der Waals surface area contributed by atoms with E-state index >= 15 is 0 Å². The Bertz CT molecular complexity index is 1060. The summed E-state index contributed by atoms with van der Waals surface area (Å²) in [5.41, 5.74) is 0.517. The molecule has 0 aliphatic rings. The van der Waals surface area contributed by atoms with Gasteiger partial charge in [0.05, 0.1) is 37.6 Å². The van der Waals surface area contributed by atoms with Crippen molar-refractivity contribution in [1.82, 2.24) is 0 Å². The molecule has 0 saturated carbocycles. The molecule has 0 aromatic heterocycles. The average molecular weight is 467 g/mol. The number of nitrogens with zero attached hydrogens (tertiary/aromatic N) is 2. The van der Waals surface area contributed by atoms with Crippen LogP contribution in [-0.4, -0.2) is 32.0 Å². The number of aryl methyl sites for hydroxylation is 1. The lowest BCUT2D eigenvalue weighted by Gasteiger charge is -2.23. The minimum Gasteiger partial charge on any atom is -0.324 e. The van der Waals surface area contributed by atoms with Gasteiger partial charge in [0.2, 0.25) is 15.9 Å². The zero-order chi connectivity index (χ0) is 21.2. The van der Waals surface area contributed by atoms with Gasteiger partial charge in [-0.15, -0.1) is 0 Å². The SMILES string of the molecule is Cc1ccc([N+](=O)[O-])cc1NC(=O)CN(c1cc(Cl)c(Cl)cc1Cl)S(C)(=O)=O. The third-order valence-electron chi connectivity index (χ3n) is 3.65. The minimum atomic E-state index is -3.91. The third kappa shape index (κ3) is 5.26. The van der Waals surface area contributed by atoms with E-state index in [-0.39, 0.29) is 32.1 Å². The number of benzene rings is 2. The van der Waals surface area contributed by atoms with E-state index in [0.717, 1.165) is 10.6 Å². The Morgan fingerprint density at radius 2 is 1.75 bits per heavy atom. The van der Waals surface area contributed by atoms with E-state index in [2.05, 4.69) is 5.32 Å². The maximum Gasteiger partial charge on any atom is 0.271 e. The summed E-state index contributed by atoms with van der Waals surface area (Å²) >= 11 is 17.9. The van der Waals surface area contributed by atoms with E-state index in [4.69, 9.17) is 34.8 Å². The highest BCUT2D eigenvalue weighted by molar-refractivity contribution is 7.92. The lowest BCUT2D eigenvalue weighted by Crippen LogP contribution is -2.37. The number of anilines is 2. The molecule has 28 heavy (non-hydrogen) atoms. The summed E-state index contributed by atoms with van der Waals surface area (Å²) in [6, 6.07) is 6.45. The van der Waals surface area contributed by atoms with Crippen LogP contribution in [0, 0.1) is 17.0 Å². The van der Waals surface area contributed by atoms with Crippen LogP contribution in [0.4, 0.5) is 17.1 Å². The monoisotopic (exact) mass is 465 g/mol. The summed E-state index contributed by atoms with van der Waals surface area (Å²) in [7, 11) is -3.91. The summed E-state index contributed by atoms with van der Waals surface area (Å²) < 4.78 is 25.2. The Morgan fingerprint density at radius 1 is 1.14 bits per heavy atom. The van der Waals surface area contributed by atoms with E-state index in [1.165, 1.54) is 30.3 Å². The number of halogens is 3. The van der Waals surface area contributed by atoms with Crippen LogP contribution in [0.3, 0.4) is 0 Å². The summed E-state index contributed by atoms with van der Waals surface area (Å²) in [5.74, 6) is -0.726. The van der Waals surface area contributed by atoms with Gasteiger partial charge in [-0.1, -0.05) is 40.9 Å². The quantitative estimate of drug-likeness (QED) is 0.388. The fourth-order valence-corrected chi connectivity index (χ4v) is 3.82. The number of nitro groups is 1. The molecule has 0 atom stereocenters. The number of non-ortho nitro benzene ring substituents is 1. The largest absolute Gasteiger partial charge is 0.324 e. The number of rotatable bonds is 6. The molecule has 0 saturated heterocycles. The molecule has 12 heteroatoms. The predicted molar refractivity (Wildman–Crippen MR) is 110 cm³/mol. The van der Waals surface area contributed by atoms with Crippen molar-refractivity contribution in [2.24, 2.45) is 0 Å². The molecule has 0 aliphatic heterocycles. The lowest BCUT2D eigenvalue weighted by molar-refractivity contribution is -0.384. The van der Waals surface area contributed by atoms with Crippen LogP contribution in [0.25, 0.3) is 0 Å². The second kappa shape index (κ2) is 8.52.